The number of amides is 3. The van der Waals surface area contributed by atoms with E-state index in [1.807, 2.05) is 30.3 Å². The van der Waals surface area contributed by atoms with Crippen molar-refractivity contribution < 1.29 is 34.1 Å². The number of hydrogen-bond donors (Lipinski definition) is 5. The Morgan fingerprint density at radius 1 is 1.09 bits per heavy atom. The standard InChI is InChI=1S/C31H41N5O7/c1-17(2)26-27(39)33-24(16-25(37)38)28(40)36-14-6-7-22(35-36)29(41)43-18(3)21-11-10-20-9-8-19(15-23(20)32-21)12-13-31(4,5)30(42)34-26/h8-13,15,17-18,22,24-26,35,37-38H,6-7,14,16H2,1-5H3,(H,33,39)(H,34,42)/b13-12+/t18-,22+,24+,26+/m1/s1. The largest absolute Gasteiger partial charge is 0.455 e. The van der Waals surface area contributed by atoms with Gasteiger partial charge in [0.15, 0.2) is 6.29 Å². The molecular weight excluding hydrogens is 554 g/mol. The van der Waals surface area contributed by atoms with Gasteiger partial charge >= 0.3 is 5.97 Å². The smallest absolute Gasteiger partial charge is 0.325 e. The number of nitrogens with zero attached hydrogens (tertiary/aromatic N) is 2. The molecule has 0 radical (unpaired) electrons. The molecular formula is C31H41N5O7. The van der Waals surface area contributed by atoms with Crippen molar-refractivity contribution in [3.63, 3.8) is 0 Å². The molecule has 12 heteroatoms. The molecule has 5 bridgehead atoms. The lowest BCUT2D eigenvalue weighted by Crippen LogP contribution is -2.62. The summed E-state index contributed by atoms with van der Waals surface area (Å²) in [7, 11) is 0. The van der Waals surface area contributed by atoms with Crippen molar-refractivity contribution in [1.29, 1.82) is 0 Å². The zero-order valence-corrected chi connectivity index (χ0v) is 25.2. The monoisotopic (exact) mass is 595 g/mol. The number of ether oxygens (including phenoxy) is 1. The molecule has 2 aliphatic rings. The van der Waals surface area contributed by atoms with Crippen molar-refractivity contribution in [1.82, 2.24) is 26.1 Å². The van der Waals surface area contributed by atoms with Crippen molar-refractivity contribution in [3.8, 4) is 0 Å². The molecule has 3 amide bonds. The Hall–Kier alpha value is -3.87. The molecule has 1 aromatic carbocycles. The minimum Gasteiger partial charge on any atom is -0.455 e. The third-order valence-electron chi connectivity index (χ3n) is 7.76. The molecule has 43 heavy (non-hydrogen) atoms. The van der Waals surface area contributed by atoms with Crippen LogP contribution in [0.5, 0.6) is 0 Å². The fourth-order valence-corrected chi connectivity index (χ4v) is 5.04. The van der Waals surface area contributed by atoms with Crippen molar-refractivity contribution in [2.24, 2.45) is 11.3 Å². The predicted octanol–water partition coefficient (Wildman–Crippen LogP) is 1.71. The van der Waals surface area contributed by atoms with Gasteiger partial charge in [-0.2, -0.15) is 0 Å². The van der Waals surface area contributed by atoms with Gasteiger partial charge in [0.05, 0.1) is 16.6 Å². The van der Waals surface area contributed by atoms with Crippen molar-refractivity contribution in [2.45, 2.75) is 84.4 Å². The molecule has 2 aliphatic heterocycles. The number of carbonyl (C=O) groups excluding carboxylic acids is 4. The Balaban J connectivity index is 1.73. The maximum Gasteiger partial charge on any atom is 0.325 e. The van der Waals surface area contributed by atoms with Crippen LogP contribution in [-0.4, -0.2) is 74.9 Å². The molecule has 1 saturated heterocycles. The molecule has 232 valence electrons. The van der Waals surface area contributed by atoms with Gasteiger partial charge in [0.2, 0.25) is 11.8 Å². The van der Waals surface area contributed by atoms with E-state index in [-0.39, 0.29) is 12.5 Å². The third-order valence-corrected chi connectivity index (χ3v) is 7.76. The van der Waals surface area contributed by atoms with Gasteiger partial charge in [0.1, 0.15) is 24.2 Å². The normalized spacial score (nSPS) is 26.3. The van der Waals surface area contributed by atoms with Gasteiger partial charge in [-0.1, -0.05) is 44.2 Å². The number of esters is 1. The van der Waals surface area contributed by atoms with Crippen molar-refractivity contribution in [2.75, 3.05) is 6.54 Å². The lowest BCUT2D eigenvalue weighted by Gasteiger charge is -2.36. The van der Waals surface area contributed by atoms with Gasteiger partial charge in [0.25, 0.3) is 5.91 Å². The number of hydrazine groups is 1. The second-order valence-electron chi connectivity index (χ2n) is 12.1. The maximum absolute atomic E-state index is 13.5. The van der Waals surface area contributed by atoms with Crippen LogP contribution < -0.4 is 16.1 Å². The van der Waals surface area contributed by atoms with Crippen LogP contribution in [0.4, 0.5) is 0 Å². The van der Waals surface area contributed by atoms with Gasteiger partial charge in [0, 0.05) is 18.4 Å². The van der Waals surface area contributed by atoms with E-state index in [9.17, 15) is 29.4 Å². The first-order valence-corrected chi connectivity index (χ1v) is 14.6. The number of fused-ring (bicyclic) bond motifs is 4. The van der Waals surface area contributed by atoms with Crippen LogP contribution >= 0.6 is 0 Å². The van der Waals surface area contributed by atoms with Crippen LogP contribution in [0, 0.1) is 11.3 Å². The number of cyclic esters (lactones) is 1. The van der Waals surface area contributed by atoms with E-state index in [1.54, 1.807) is 46.8 Å². The molecule has 5 N–H and O–H groups in total. The van der Waals surface area contributed by atoms with E-state index in [0.717, 1.165) is 10.9 Å². The van der Waals surface area contributed by atoms with E-state index < -0.39 is 66.0 Å². The summed E-state index contributed by atoms with van der Waals surface area (Å²) in [6.45, 7) is 8.91. The molecule has 0 unspecified atom stereocenters. The highest BCUT2D eigenvalue weighted by Gasteiger charge is 2.37. The predicted molar refractivity (Wildman–Crippen MR) is 158 cm³/mol. The topological polar surface area (TPSA) is 170 Å². The zero-order chi connectivity index (χ0) is 31.5. The molecule has 4 rings (SSSR count). The zero-order valence-electron chi connectivity index (χ0n) is 25.2. The van der Waals surface area contributed by atoms with Gasteiger partial charge in [-0.25, -0.2) is 10.4 Å². The SMILES string of the molecule is CC(C)[C@@H]1NC(=O)C(C)(C)/C=C/c2ccc3ccc(nc3c2)[C@@H](C)OC(=O)[C@@H]2CCCN(N2)C(=O)[C@H](CC(O)O)NC1=O. The summed E-state index contributed by atoms with van der Waals surface area (Å²) in [5.74, 6) is -2.62. The van der Waals surface area contributed by atoms with E-state index in [1.165, 1.54) is 5.01 Å². The highest BCUT2D eigenvalue weighted by molar-refractivity contribution is 5.94. The highest BCUT2D eigenvalue weighted by atomic mass is 16.5. The summed E-state index contributed by atoms with van der Waals surface area (Å²) < 4.78 is 5.73. The van der Waals surface area contributed by atoms with Crippen LogP contribution in [0.2, 0.25) is 0 Å². The molecule has 1 aromatic heterocycles. The Kier molecular flexibility index (Phi) is 9.83. The first kappa shape index (κ1) is 32.1. The third kappa shape index (κ3) is 7.75. The van der Waals surface area contributed by atoms with Crippen LogP contribution in [0.15, 0.2) is 36.4 Å². The van der Waals surface area contributed by atoms with Crippen LogP contribution in [0.3, 0.4) is 0 Å². The van der Waals surface area contributed by atoms with Crippen molar-refractivity contribution in [3.05, 3.63) is 47.7 Å². The Labute approximate surface area is 250 Å². The second-order valence-corrected chi connectivity index (χ2v) is 12.1. The first-order valence-electron chi connectivity index (χ1n) is 14.6. The first-order chi connectivity index (χ1) is 20.2. The van der Waals surface area contributed by atoms with Gasteiger partial charge in [-0.15, -0.1) is 0 Å². The van der Waals surface area contributed by atoms with E-state index >= 15 is 0 Å². The Morgan fingerprint density at radius 2 is 1.81 bits per heavy atom. The number of aliphatic hydroxyl groups excluding tert-OH is 1. The lowest BCUT2D eigenvalue weighted by molar-refractivity contribution is -0.158. The summed E-state index contributed by atoms with van der Waals surface area (Å²) in [6.07, 6.45) is 1.37. The van der Waals surface area contributed by atoms with Crippen LogP contribution in [0.25, 0.3) is 17.0 Å². The fraction of sp³-hybridized carbons (Fsp3) is 0.516. The average Bonchev–Trinajstić information content (AvgIpc) is 2.96. The molecule has 0 aliphatic carbocycles. The van der Waals surface area contributed by atoms with Crippen LogP contribution in [0.1, 0.15) is 71.2 Å². The molecule has 0 saturated carbocycles. The lowest BCUT2D eigenvalue weighted by atomic mass is 9.89. The number of rotatable bonds is 3. The van der Waals surface area contributed by atoms with Gasteiger partial charge in [-0.05, 0) is 57.2 Å². The van der Waals surface area contributed by atoms with E-state index in [4.69, 9.17) is 9.72 Å². The summed E-state index contributed by atoms with van der Waals surface area (Å²) >= 11 is 0. The number of pyridine rings is 1. The summed E-state index contributed by atoms with van der Waals surface area (Å²) in [5.41, 5.74) is 3.92. The van der Waals surface area contributed by atoms with Gasteiger partial charge < -0.3 is 25.6 Å². The number of aliphatic hydroxyl groups is 2. The highest BCUT2D eigenvalue weighted by Crippen LogP contribution is 2.25. The molecule has 0 spiro atoms. The van der Waals surface area contributed by atoms with E-state index in [2.05, 4.69) is 16.1 Å². The molecule has 12 nitrogen and oxygen atoms in total. The Morgan fingerprint density at radius 3 is 2.51 bits per heavy atom. The quantitative estimate of drug-likeness (QED) is 0.262. The minimum atomic E-state index is -1.89. The number of benzene rings is 1. The molecule has 3 heterocycles. The number of aromatic nitrogens is 1. The number of nitrogens with one attached hydrogen (secondary N) is 3. The molecule has 1 fully saturated rings. The Bertz CT molecular complexity index is 1410. The summed E-state index contributed by atoms with van der Waals surface area (Å²) in [5, 5.41) is 26.9. The second kappa shape index (κ2) is 13.2. The van der Waals surface area contributed by atoms with E-state index in [0.29, 0.717) is 24.1 Å². The number of hydrogen-bond acceptors (Lipinski definition) is 9. The average molecular weight is 596 g/mol. The molecule has 2 aromatic rings. The fourth-order valence-electron chi connectivity index (χ4n) is 5.04. The van der Waals surface area contributed by atoms with Crippen LogP contribution in [-0.2, 0) is 23.9 Å². The maximum atomic E-state index is 13.5. The summed E-state index contributed by atoms with van der Waals surface area (Å²) in [4.78, 5) is 58.2. The van der Waals surface area contributed by atoms with Gasteiger partial charge in [-0.3, -0.25) is 24.2 Å². The van der Waals surface area contributed by atoms with Crippen molar-refractivity contribution >= 4 is 40.7 Å². The molecule has 4 atom stereocenters. The summed E-state index contributed by atoms with van der Waals surface area (Å²) in [6, 6.07) is 6.21. The minimum absolute atomic E-state index is 0.228. The number of carbonyl (C=O) groups is 4.